The fraction of sp³-hybridized carbons (Fsp3) is 0.355. The molecule has 0 saturated carbocycles. The molecule has 0 unspecified atom stereocenters. The number of nitrogens with zero attached hydrogens (tertiary/aromatic N) is 1. The molecule has 5 nitrogen and oxygen atoms in total. The number of carbonyl (C=O) groups is 2. The van der Waals surface area contributed by atoms with Crippen molar-refractivity contribution < 1.29 is 41.0 Å². The van der Waals surface area contributed by atoms with E-state index in [9.17, 15) is 41.0 Å². The molecule has 43 heavy (non-hydrogen) atoms. The van der Waals surface area contributed by atoms with Crippen molar-refractivity contribution in [3.63, 3.8) is 0 Å². The molecule has 0 bridgehead atoms. The minimum absolute atomic E-state index is 0.0378. The Kier molecular flexibility index (Phi) is 9.51. The van der Waals surface area contributed by atoms with Gasteiger partial charge < -0.3 is 15.3 Å². The van der Waals surface area contributed by atoms with Crippen LogP contribution < -0.4 is 5.32 Å². The number of nitrogens with one attached hydrogen (secondary N) is 1. The Morgan fingerprint density at radius 2 is 1.53 bits per heavy atom. The van der Waals surface area contributed by atoms with Crippen molar-refractivity contribution in [2.24, 2.45) is 0 Å². The van der Waals surface area contributed by atoms with Gasteiger partial charge in [-0.2, -0.15) is 26.3 Å². The van der Waals surface area contributed by atoms with Crippen LogP contribution in [0, 0.1) is 6.92 Å². The first-order chi connectivity index (χ1) is 20.2. The van der Waals surface area contributed by atoms with E-state index in [1.54, 1.807) is 36.4 Å². The SMILES string of the molecule is CCCNC(=O)[C@@]1(Sc2ccc(C)cc2)CC(=O)N(Cc2cc(C(F)(F)F)cc(C(F)(F)F)c2)[C@@H]1c1ccc(CO)cc1. The Labute approximate surface area is 249 Å². The van der Waals surface area contributed by atoms with Crippen LogP contribution in [0.2, 0.25) is 0 Å². The Hall–Kier alpha value is -3.51. The van der Waals surface area contributed by atoms with Crippen molar-refractivity contribution in [1.82, 2.24) is 10.2 Å². The maximum absolute atomic E-state index is 14.0. The van der Waals surface area contributed by atoms with E-state index in [4.69, 9.17) is 0 Å². The van der Waals surface area contributed by atoms with Crippen LogP contribution in [0.5, 0.6) is 0 Å². The van der Waals surface area contributed by atoms with Crippen LogP contribution in [0.1, 0.15) is 59.2 Å². The Balaban J connectivity index is 1.89. The zero-order valence-electron chi connectivity index (χ0n) is 23.4. The van der Waals surface area contributed by atoms with Crippen molar-refractivity contribution in [3.8, 4) is 0 Å². The van der Waals surface area contributed by atoms with Crippen molar-refractivity contribution in [1.29, 1.82) is 0 Å². The molecule has 12 heteroatoms. The van der Waals surface area contributed by atoms with Crippen LogP contribution >= 0.6 is 11.8 Å². The molecule has 1 aliphatic rings. The van der Waals surface area contributed by atoms with Gasteiger partial charge in [-0.3, -0.25) is 9.59 Å². The number of alkyl halides is 6. The van der Waals surface area contributed by atoms with Gasteiger partial charge in [0.15, 0.2) is 0 Å². The number of aliphatic hydroxyl groups excluding tert-OH is 1. The van der Waals surface area contributed by atoms with E-state index in [0.717, 1.165) is 17.3 Å². The Bertz CT molecular complexity index is 1430. The quantitative estimate of drug-likeness (QED) is 0.250. The molecule has 3 aromatic carbocycles. The van der Waals surface area contributed by atoms with Crippen molar-refractivity contribution in [2.45, 2.75) is 67.9 Å². The molecule has 1 saturated heterocycles. The molecular weight excluding hydrogens is 594 g/mol. The molecule has 3 aromatic rings. The molecule has 0 spiro atoms. The zero-order valence-corrected chi connectivity index (χ0v) is 24.2. The molecule has 230 valence electrons. The van der Waals surface area contributed by atoms with Gasteiger partial charge in [0.1, 0.15) is 4.75 Å². The van der Waals surface area contributed by atoms with Gasteiger partial charge in [0.25, 0.3) is 0 Å². The van der Waals surface area contributed by atoms with E-state index in [1.165, 1.54) is 4.90 Å². The molecule has 1 fully saturated rings. The van der Waals surface area contributed by atoms with Gasteiger partial charge in [0.2, 0.25) is 11.8 Å². The van der Waals surface area contributed by atoms with Crippen LogP contribution in [0.15, 0.2) is 71.6 Å². The summed E-state index contributed by atoms with van der Waals surface area (Å²) >= 11 is 1.13. The minimum Gasteiger partial charge on any atom is -0.392 e. The molecule has 0 aliphatic carbocycles. The second kappa shape index (κ2) is 12.6. The van der Waals surface area contributed by atoms with Gasteiger partial charge in [-0.25, -0.2) is 0 Å². The lowest BCUT2D eigenvalue weighted by atomic mass is 9.90. The summed E-state index contributed by atoms with van der Waals surface area (Å²) in [4.78, 5) is 29.5. The van der Waals surface area contributed by atoms with Crippen LogP contribution in [0.25, 0.3) is 0 Å². The number of hydrogen-bond acceptors (Lipinski definition) is 4. The summed E-state index contributed by atoms with van der Waals surface area (Å²) in [5.41, 5.74) is -1.42. The van der Waals surface area contributed by atoms with Gasteiger partial charge >= 0.3 is 12.4 Å². The summed E-state index contributed by atoms with van der Waals surface area (Å²) in [6, 6.07) is 13.8. The highest BCUT2D eigenvalue weighted by atomic mass is 32.2. The fourth-order valence-corrected chi connectivity index (χ4v) is 6.54. The minimum atomic E-state index is -5.06. The third-order valence-electron chi connectivity index (χ3n) is 7.21. The van der Waals surface area contributed by atoms with E-state index in [1.807, 2.05) is 26.0 Å². The number of halogens is 6. The Morgan fingerprint density at radius 1 is 0.953 bits per heavy atom. The molecule has 2 amide bonds. The lowest BCUT2D eigenvalue weighted by Crippen LogP contribution is -2.48. The summed E-state index contributed by atoms with van der Waals surface area (Å²) in [5.74, 6) is -1.08. The average molecular weight is 625 g/mol. The van der Waals surface area contributed by atoms with Gasteiger partial charge in [-0.15, -0.1) is 11.8 Å². The molecule has 4 rings (SSSR count). The summed E-state index contributed by atoms with van der Waals surface area (Å²) in [6.45, 7) is 3.15. The predicted molar refractivity (Wildman–Crippen MR) is 150 cm³/mol. The normalized spacial score (nSPS) is 19.1. The number of amides is 2. The molecular formula is C31H30F6N2O3S. The maximum atomic E-state index is 14.0. The number of aryl methyl sites for hydroxylation is 1. The van der Waals surface area contributed by atoms with Crippen LogP contribution in [0.3, 0.4) is 0 Å². The number of thioether (sulfide) groups is 1. The Morgan fingerprint density at radius 3 is 2.05 bits per heavy atom. The van der Waals surface area contributed by atoms with Gasteiger partial charge in [-0.05, 0) is 60.4 Å². The topological polar surface area (TPSA) is 69.6 Å². The molecule has 1 heterocycles. The second-order valence-corrected chi connectivity index (χ2v) is 11.9. The third kappa shape index (κ3) is 7.18. The van der Waals surface area contributed by atoms with E-state index < -0.39 is 52.6 Å². The molecule has 2 atom stereocenters. The molecule has 2 N–H and O–H groups in total. The largest absolute Gasteiger partial charge is 0.416 e. The van der Waals surface area contributed by atoms with Crippen LogP contribution in [-0.2, 0) is 35.1 Å². The van der Waals surface area contributed by atoms with Gasteiger partial charge in [-0.1, -0.05) is 48.9 Å². The number of rotatable bonds is 9. The van der Waals surface area contributed by atoms with Crippen LogP contribution in [-0.4, -0.2) is 33.1 Å². The number of hydrogen-bond donors (Lipinski definition) is 2. The standard InChI is InChI=1S/C31H30F6N2O3S/c1-3-12-38-28(42)29(43-25-10-4-19(2)5-11-25)16-26(41)39(27(29)22-8-6-20(18-40)7-9-22)17-21-13-23(30(32,33)34)15-24(14-21)31(35,36)37/h4-11,13-15,27,40H,3,12,16-18H2,1-2H3,(H,38,42)/t27-,29-/m1/s1. The first-order valence-electron chi connectivity index (χ1n) is 13.5. The van der Waals surface area contributed by atoms with E-state index in [2.05, 4.69) is 5.32 Å². The first-order valence-corrected chi connectivity index (χ1v) is 14.3. The average Bonchev–Trinajstić information content (AvgIpc) is 3.23. The highest BCUT2D eigenvalue weighted by molar-refractivity contribution is 8.01. The van der Waals surface area contributed by atoms with Crippen molar-refractivity contribution in [2.75, 3.05) is 6.54 Å². The van der Waals surface area contributed by atoms with Crippen LogP contribution in [0.4, 0.5) is 26.3 Å². The molecule has 1 aliphatic heterocycles. The lowest BCUT2D eigenvalue weighted by molar-refractivity contribution is -0.143. The number of carbonyl (C=O) groups excluding carboxylic acids is 2. The van der Waals surface area contributed by atoms with E-state index in [0.29, 0.717) is 41.1 Å². The highest BCUT2D eigenvalue weighted by Crippen LogP contribution is 2.53. The highest BCUT2D eigenvalue weighted by Gasteiger charge is 2.58. The number of benzene rings is 3. The molecule has 0 radical (unpaired) electrons. The summed E-state index contributed by atoms with van der Waals surface area (Å²) in [5, 5.41) is 12.4. The zero-order chi connectivity index (χ0) is 31.6. The lowest BCUT2D eigenvalue weighted by Gasteiger charge is -2.37. The van der Waals surface area contributed by atoms with Crippen molar-refractivity contribution >= 4 is 23.6 Å². The van der Waals surface area contributed by atoms with Crippen molar-refractivity contribution in [3.05, 3.63) is 100 Å². The molecule has 0 aromatic heterocycles. The van der Waals surface area contributed by atoms with Gasteiger partial charge in [0.05, 0.1) is 30.2 Å². The third-order valence-corrected chi connectivity index (χ3v) is 8.63. The second-order valence-electron chi connectivity index (χ2n) is 10.5. The summed E-state index contributed by atoms with van der Waals surface area (Å²) in [6.07, 6.45) is -9.88. The summed E-state index contributed by atoms with van der Waals surface area (Å²) < 4.78 is 80.3. The van der Waals surface area contributed by atoms with E-state index in [-0.39, 0.29) is 24.7 Å². The smallest absolute Gasteiger partial charge is 0.392 e. The summed E-state index contributed by atoms with van der Waals surface area (Å²) in [7, 11) is 0. The monoisotopic (exact) mass is 624 g/mol. The number of likely N-dealkylation sites (tertiary alicyclic amines) is 1. The number of aliphatic hydroxyl groups is 1. The maximum Gasteiger partial charge on any atom is 0.416 e. The first kappa shape index (κ1) is 32.4. The van der Waals surface area contributed by atoms with Gasteiger partial charge in [0, 0.05) is 18.0 Å². The fourth-order valence-electron chi connectivity index (χ4n) is 5.11. The predicted octanol–water partition coefficient (Wildman–Crippen LogP) is 7.06. The van der Waals surface area contributed by atoms with E-state index >= 15 is 0 Å².